The molecule has 0 radical (unpaired) electrons. The molecule has 2 atom stereocenters. The first kappa shape index (κ1) is 14.0. The number of aryl methyl sites for hydroxylation is 2. The van der Waals surface area contributed by atoms with Crippen molar-refractivity contribution in [3.05, 3.63) is 28.8 Å². The summed E-state index contributed by atoms with van der Waals surface area (Å²) in [6.07, 6.45) is -0.902. The van der Waals surface area contributed by atoms with E-state index >= 15 is 0 Å². The SMILES string of the molecule is CCOC(C)C(O)c1c(C)cc(C)cc1OC. The molecule has 0 aromatic heterocycles. The molecule has 0 saturated heterocycles. The maximum atomic E-state index is 10.3. The molecule has 0 heterocycles. The second-order valence-corrected chi connectivity index (χ2v) is 4.30. The van der Waals surface area contributed by atoms with Crippen molar-refractivity contribution in [2.45, 2.75) is 39.9 Å². The van der Waals surface area contributed by atoms with Crippen LogP contribution in [0.5, 0.6) is 5.75 Å². The van der Waals surface area contributed by atoms with Gasteiger partial charge in [-0.25, -0.2) is 0 Å². The molecule has 0 fully saturated rings. The van der Waals surface area contributed by atoms with Crippen LogP contribution in [0.15, 0.2) is 12.1 Å². The van der Waals surface area contributed by atoms with Crippen molar-refractivity contribution < 1.29 is 14.6 Å². The van der Waals surface area contributed by atoms with E-state index < -0.39 is 6.10 Å². The van der Waals surface area contributed by atoms with Crippen molar-refractivity contribution in [2.75, 3.05) is 13.7 Å². The highest BCUT2D eigenvalue weighted by molar-refractivity contribution is 5.44. The fourth-order valence-electron chi connectivity index (χ4n) is 2.08. The number of aliphatic hydroxyl groups is 1. The Morgan fingerprint density at radius 3 is 2.47 bits per heavy atom. The lowest BCUT2D eigenvalue weighted by Crippen LogP contribution is -2.20. The molecule has 0 aliphatic heterocycles. The molecule has 1 N–H and O–H groups in total. The molecule has 0 aliphatic carbocycles. The maximum absolute atomic E-state index is 10.3. The Bertz CT molecular complexity index is 374. The van der Waals surface area contributed by atoms with Gasteiger partial charge in [0.15, 0.2) is 0 Å². The molecule has 2 unspecified atom stereocenters. The third-order valence-electron chi connectivity index (χ3n) is 2.88. The average molecular weight is 238 g/mol. The highest BCUT2D eigenvalue weighted by Gasteiger charge is 2.22. The van der Waals surface area contributed by atoms with Crippen molar-refractivity contribution in [1.29, 1.82) is 0 Å². The molecule has 96 valence electrons. The van der Waals surface area contributed by atoms with E-state index in [0.717, 1.165) is 22.4 Å². The standard InChI is InChI=1S/C14H22O3/c1-6-17-11(4)14(15)13-10(3)7-9(2)8-12(13)16-5/h7-8,11,14-15H,6H2,1-5H3. The van der Waals surface area contributed by atoms with Gasteiger partial charge in [-0.15, -0.1) is 0 Å². The van der Waals surface area contributed by atoms with Gasteiger partial charge in [0.1, 0.15) is 11.9 Å². The summed E-state index contributed by atoms with van der Waals surface area (Å²) in [5, 5.41) is 10.3. The minimum Gasteiger partial charge on any atom is -0.496 e. The van der Waals surface area contributed by atoms with Gasteiger partial charge >= 0.3 is 0 Å². The van der Waals surface area contributed by atoms with Gasteiger partial charge in [-0.1, -0.05) is 6.07 Å². The minimum atomic E-state index is -0.662. The summed E-state index contributed by atoms with van der Waals surface area (Å²) < 4.78 is 10.8. The molecular formula is C14H22O3. The fourth-order valence-corrected chi connectivity index (χ4v) is 2.08. The number of benzene rings is 1. The van der Waals surface area contributed by atoms with Gasteiger partial charge in [-0.3, -0.25) is 0 Å². The monoisotopic (exact) mass is 238 g/mol. The van der Waals surface area contributed by atoms with Crippen LogP contribution in [0.25, 0.3) is 0 Å². The quantitative estimate of drug-likeness (QED) is 0.857. The number of rotatable bonds is 5. The van der Waals surface area contributed by atoms with Gasteiger partial charge in [0.25, 0.3) is 0 Å². The molecular weight excluding hydrogens is 216 g/mol. The molecule has 1 aromatic carbocycles. The zero-order valence-corrected chi connectivity index (χ0v) is 11.3. The Balaban J connectivity index is 3.11. The van der Waals surface area contributed by atoms with Crippen molar-refractivity contribution in [2.24, 2.45) is 0 Å². The first-order valence-electron chi connectivity index (χ1n) is 5.96. The molecule has 1 rings (SSSR count). The zero-order valence-electron chi connectivity index (χ0n) is 11.3. The van der Waals surface area contributed by atoms with Crippen LogP contribution >= 0.6 is 0 Å². The van der Waals surface area contributed by atoms with Crippen LogP contribution in [-0.4, -0.2) is 24.9 Å². The lowest BCUT2D eigenvalue weighted by atomic mass is 9.97. The summed E-state index contributed by atoms with van der Waals surface area (Å²) in [5.41, 5.74) is 2.97. The van der Waals surface area contributed by atoms with Crippen LogP contribution in [0, 0.1) is 13.8 Å². The molecule has 0 amide bonds. The summed E-state index contributed by atoms with van der Waals surface area (Å²) >= 11 is 0. The van der Waals surface area contributed by atoms with Gasteiger partial charge in [0.2, 0.25) is 0 Å². The predicted octanol–water partition coefficient (Wildman–Crippen LogP) is 2.77. The number of hydrogen-bond acceptors (Lipinski definition) is 3. The van der Waals surface area contributed by atoms with Crippen LogP contribution in [0.1, 0.15) is 36.6 Å². The number of hydrogen-bond donors (Lipinski definition) is 1. The predicted molar refractivity (Wildman–Crippen MR) is 68.5 cm³/mol. The third-order valence-corrected chi connectivity index (χ3v) is 2.88. The van der Waals surface area contributed by atoms with E-state index in [2.05, 4.69) is 0 Å². The first-order chi connectivity index (χ1) is 8.01. The zero-order chi connectivity index (χ0) is 13.0. The Morgan fingerprint density at radius 2 is 1.94 bits per heavy atom. The molecule has 3 heteroatoms. The molecule has 0 saturated carbocycles. The molecule has 0 aliphatic rings. The Labute approximate surface area is 103 Å². The summed E-state index contributed by atoms with van der Waals surface area (Å²) in [7, 11) is 1.62. The van der Waals surface area contributed by atoms with E-state index in [0.29, 0.717) is 6.61 Å². The number of methoxy groups -OCH3 is 1. The molecule has 17 heavy (non-hydrogen) atoms. The second-order valence-electron chi connectivity index (χ2n) is 4.30. The highest BCUT2D eigenvalue weighted by atomic mass is 16.5. The van der Waals surface area contributed by atoms with Crippen LogP contribution in [0.2, 0.25) is 0 Å². The summed E-state index contributed by atoms with van der Waals surface area (Å²) in [5.74, 6) is 0.724. The van der Waals surface area contributed by atoms with Gasteiger partial charge in [-0.05, 0) is 44.9 Å². The van der Waals surface area contributed by atoms with Gasteiger partial charge in [0, 0.05) is 12.2 Å². The molecule has 0 bridgehead atoms. The fraction of sp³-hybridized carbons (Fsp3) is 0.571. The van der Waals surface area contributed by atoms with Crippen LogP contribution in [-0.2, 0) is 4.74 Å². The van der Waals surface area contributed by atoms with Crippen molar-refractivity contribution in [3.8, 4) is 5.75 Å². The minimum absolute atomic E-state index is 0.240. The molecule has 3 nitrogen and oxygen atoms in total. The van der Waals surface area contributed by atoms with Gasteiger partial charge in [0.05, 0.1) is 13.2 Å². The van der Waals surface area contributed by atoms with Crippen LogP contribution < -0.4 is 4.74 Å². The lowest BCUT2D eigenvalue weighted by Gasteiger charge is -2.23. The topological polar surface area (TPSA) is 38.7 Å². The second kappa shape index (κ2) is 6.03. The van der Waals surface area contributed by atoms with Crippen molar-refractivity contribution in [1.82, 2.24) is 0 Å². The Kier molecular flexibility index (Phi) is 4.97. The van der Waals surface area contributed by atoms with Gasteiger partial charge in [-0.2, -0.15) is 0 Å². The highest BCUT2D eigenvalue weighted by Crippen LogP contribution is 2.32. The lowest BCUT2D eigenvalue weighted by molar-refractivity contribution is -0.0239. The van der Waals surface area contributed by atoms with Gasteiger partial charge < -0.3 is 14.6 Å². The van der Waals surface area contributed by atoms with E-state index in [1.165, 1.54) is 0 Å². The maximum Gasteiger partial charge on any atom is 0.125 e. The van der Waals surface area contributed by atoms with Crippen LogP contribution in [0.4, 0.5) is 0 Å². The largest absolute Gasteiger partial charge is 0.496 e. The normalized spacial score (nSPS) is 14.5. The van der Waals surface area contributed by atoms with Crippen molar-refractivity contribution in [3.63, 3.8) is 0 Å². The van der Waals surface area contributed by atoms with E-state index in [4.69, 9.17) is 9.47 Å². The molecule has 0 spiro atoms. The van der Waals surface area contributed by atoms with E-state index in [-0.39, 0.29) is 6.10 Å². The number of aliphatic hydroxyl groups excluding tert-OH is 1. The van der Waals surface area contributed by atoms with Crippen LogP contribution in [0.3, 0.4) is 0 Å². The van der Waals surface area contributed by atoms with E-state index in [1.807, 2.05) is 39.8 Å². The van der Waals surface area contributed by atoms with Crippen molar-refractivity contribution >= 4 is 0 Å². The Morgan fingerprint density at radius 1 is 1.29 bits per heavy atom. The molecule has 1 aromatic rings. The average Bonchev–Trinajstić information content (AvgIpc) is 2.27. The van der Waals surface area contributed by atoms with E-state index in [9.17, 15) is 5.11 Å². The van der Waals surface area contributed by atoms with E-state index in [1.54, 1.807) is 7.11 Å². The summed E-state index contributed by atoms with van der Waals surface area (Å²) in [6, 6.07) is 3.98. The Hall–Kier alpha value is -1.06. The third kappa shape index (κ3) is 3.20. The summed E-state index contributed by atoms with van der Waals surface area (Å²) in [4.78, 5) is 0. The number of ether oxygens (including phenoxy) is 2. The summed E-state index contributed by atoms with van der Waals surface area (Å²) in [6.45, 7) is 8.37. The smallest absolute Gasteiger partial charge is 0.125 e. The first-order valence-corrected chi connectivity index (χ1v) is 5.96.